The third-order valence-corrected chi connectivity index (χ3v) is 1.51. The molecule has 0 aromatic carbocycles. The number of aliphatic carboxylic acids is 1. The Bertz CT molecular complexity index is 346. The summed E-state index contributed by atoms with van der Waals surface area (Å²) in [7, 11) is 0. The first-order chi connectivity index (χ1) is 6.09. The lowest BCUT2D eigenvalue weighted by molar-refractivity contribution is -0.135. The second-order valence-electron chi connectivity index (χ2n) is 2.71. The van der Waals surface area contributed by atoms with E-state index >= 15 is 0 Å². The molecular weight excluding hydrogens is 170 g/mol. The van der Waals surface area contributed by atoms with Crippen molar-refractivity contribution in [1.82, 2.24) is 4.98 Å². The summed E-state index contributed by atoms with van der Waals surface area (Å²) in [6.45, 7) is 1.82. The highest BCUT2D eigenvalue weighted by atomic mass is 16.4. The number of carbonyl (C=O) groups is 2. The smallest absolute Gasteiger partial charge is 0.311 e. The molecule has 68 valence electrons. The number of pyridine rings is 1. The van der Waals surface area contributed by atoms with Crippen LogP contribution in [0.1, 0.15) is 22.5 Å². The van der Waals surface area contributed by atoms with Crippen LogP contribution in [0.3, 0.4) is 0 Å². The van der Waals surface area contributed by atoms with Crippen molar-refractivity contribution in [3.05, 3.63) is 29.6 Å². The Morgan fingerprint density at radius 1 is 1.54 bits per heavy atom. The zero-order chi connectivity index (χ0) is 9.84. The number of aryl methyl sites for hydroxylation is 1. The van der Waals surface area contributed by atoms with Crippen LogP contribution in [0.15, 0.2) is 18.3 Å². The molecule has 13 heavy (non-hydrogen) atoms. The number of rotatable bonds is 3. The summed E-state index contributed by atoms with van der Waals surface area (Å²) >= 11 is 0. The van der Waals surface area contributed by atoms with Gasteiger partial charge in [0.15, 0.2) is 5.78 Å². The fourth-order valence-corrected chi connectivity index (χ4v) is 0.917. The Labute approximate surface area is 75.2 Å². The van der Waals surface area contributed by atoms with E-state index in [2.05, 4.69) is 4.98 Å². The molecule has 4 heteroatoms. The van der Waals surface area contributed by atoms with Crippen LogP contribution in [0.25, 0.3) is 0 Å². The lowest BCUT2D eigenvalue weighted by atomic mass is 10.1. The zero-order valence-corrected chi connectivity index (χ0v) is 7.15. The molecule has 0 aliphatic heterocycles. The van der Waals surface area contributed by atoms with Gasteiger partial charge in [-0.3, -0.25) is 14.6 Å². The molecule has 0 saturated carbocycles. The van der Waals surface area contributed by atoms with Gasteiger partial charge in [0.05, 0.1) is 0 Å². The molecule has 1 N–H and O–H groups in total. The number of ketones is 1. The average molecular weight is 179 g/mol. The molecule has 1 rings (SSSR count). The van der Waals surface area contributed by atoms with Gasteiger partial charge in [0.25, 0.3) is 0 Å². The molecule has 1 aromatic heterocycles. The van der Waals surface area contributed by atoms with Crippen LogP contribution < -0.4 is 0 Å². The quantitative estimate of drug-likeness (QED) is 0.556. The number of hydrogen-bond donors (Lipinski definition) is 1. The van der Waals surface area contributed by atoms with E-state index in [1.54, 1.807) is 12.1 Å². The molecule has 0 atom stereocenters. The minimum absolute atomic E-state index is 0.211. The van der Waals surface area contributed by atoms with Gasteiger partial charge < -0.3 is 5.11 Å². The standard InChI is InChI=1S/C9H9NO3/c1-6-2-3-10-7(4-6)8(11)5-9(12)13/h2-4H,5H2,1H3,(H,12,13). The third-order valence-electron chi connectivity index (χ3n) is 1.51. The van der Waals surface area contributed by atoms with Crippen molar-refractivity contribution in [2.75, 3.05) is 0 Å². The van der Waals surface area contributed by atoms with E-state index in [1.165, 1.54) is 6.20 Å². The van der Waals surface area contributed by atoms with Gasteiger partial charge in [0.1, 0.15) is 12.1 Å². The third kappa shape index (κ3) is 2.66. The van der Waals surface area contributed by atoms with E-state index in [0.29, 0.717) is 0 Å². The van der Waals surface area contributed by atoms with Crippen molar-refractivity contribution in [3.8, 4) is 0 Å². The van der Waals surface area contributed by atoms with Gasteiger partial charge in [0.2, 0.25) is 0 Å². The molecule has 0 unspecified atom stereocenters. The lowest BCUT2D eigenvalue weighted by Gasteiger charge is -1.97. The van der Waals surface area contributed by atoms with Crippen LogP contribution in [-0.4, -0.2) is 21.8 Å². The predicted octanol–water partition coefficient (Wildman–Crippen LogP) is 1.05. The molecule has 0 saturated heterocycles. The Morgan fingerprint density at radius 3 is 2.77 bits per heavy atom. The van der Waals surface area contributed by atoms with Gasteiger partial charge >= 0.3 is 5.97 Å². The highest BCUT2D eigenvalue weighted by Crippen LogP contribution is 2.02. The number of carboxylic acids is 1. The van der Waals surface area contributed by atoms with Crippen molar-refractivity contribution in [3.63, 3.8) is 0 Å². The van der Waals surface area contributed by atoms with Crippen LogP contribution in [0.2, 0.25) is 0 Å². The fourth-order valence-electron chi connectivity index (χ4n) is 0.917. The largest absolute Gasteiger partial charge is 0.481 e. The van der Waals surface area contributed by atoms with Crippen molar-refractivity contribution in [2.45, 2.75) is 13.3 Å². The van der Waals surface area contributed by atoms with Crippen molar-refractivity contribution in [1.29, 1.82) is 0 Å². The summed E-state index contributed by atoms with van der Waals surface area (Å²) in [6, 6.07) is 3.32. The number of hydrogen-bond acceptors (Lipinski definition) is 3. The maximum absolute atomic E-state index is 11.2. The molecular formula is C9H9NO3. The number of carbonyl (C=O) groups excluding carboxylic acids is 1. The summed E-state index contributed by atoms with van der Waals surface area (Å²) in [5, 5.41) is 8.37. The number of Topliss-reactive ketones (excluding diaryl/α,β-unsaturated/α-hetero) is 1. The zero-order valence-electron chi connectivity index (χ0n) is 7.15. The van der Waals surface area contributed by atoms with E-state index in [0.717, 1.165) is 5.56 Å². The molecule has 0 amide bonds. The van der Waals surface area contributed by atoms with Crippen LogP contribution in [0, 0.1) is 6.92 Å². The Morgan fingerprint density at radius 2 is 2.23 bits per heavy atom. The van der Waals surface area contributed by atoms with E-state index in [4.69, 9.17) is 5.11 Å². The van der Waals surface area contributed by atoms with Gasteiger partial charge in [-0.15, -0.1) is 0 Å². The SMILES string of the molecule is Cc1ccnc(C(=O)CC(=O)O)c1. The number of carboxylic acid groups (broad SMARTS) is 1. The van der Waals surface area contributed by atoms with Crippen LogP contribution in [0.5, 0.6) is 0 Å². The Kier molecular flexibility index (Phi) is 2.74. The van der Waals surface area contributed by atoms with Gasteiger partial charge in [-0.05, 0) is 24.6 Å². The minimum atomic E-state index is -1.13. The van der Waals surface area contributed by atoms with Crippen LogP contribution in [-0.2, 0) is 4.79 Å². The second-order valence-corrected chi connectivity index (χ2v) is 2.71. The van der Waals surface area contributed by atoms with Gasteiger partial charge in [-0.2, -0.15) is 0 Å². The topological polar surface area (TPSA) is 67.3 Å². The summed E-state index contributed by atoms with van der Waals surface area (Å²) in [6.07, 6.45) is 0.987. The van der Waals surface area contributed by atoms with Crippen LogP contribution >= 0.6 is 0 Å². The highest BCUT2D eigenvalue weighted by molar-refractivity contribution is 6.04. The molecule has 4 nitrogen and oxygen atoms in total. The first-order valence-electron chi connectivity index (χ1n) is 3.77. The van der Waals surface area contributed by atoms with Crippen molar-refractivity contribution in [2.24, 2.45) is 0 Å². The number of aromatic nitrogens is 1. The lowest BCUT2D eigenvalue weighted by Crippen LogP contribution is -2.08. The van der Waals surface area contributed by atoms with Crippen molar-refractivity contribution < 1.29 is 14.7 Å². The molecule has 0 aliphatic rings. The van der Waals surface area contributed by atoms with Gasteiger partial charge in [0, 0.05) is 6.20 Å². The molecule has 0 spiro atoms. The van der Waals surface area contributed by atoms with E-state index in [1.807, 2.05) is 6.92 Å². The first kappa shape index (κ1) is 9.38. The summed E-state index contributed by atoms with van der Waals surface area (Å²) in [4.78, 5) is 25.2. The number of nitrogens with zero attached hydrogens (tertiary/aromatic N) is 1. The molecule has 0 radical (unpaired) electrons. The Balaban J connectivity index is 2.83. The summed E-state index contributed by atoms with van der Waals surface area (Å²) < 4.78 is 0. The van der Waals surface area contributed by atoms with Gasteiger partial charge in [-0.1, -0.05) is 0 Å². The Hall–Kier alpha value is -1.71. The average Bonchev–Trinajstić information content (AvgIpc) is 2.03. The molecule has 0 aliphatic carbocycles. The van der Waals surface area contributed by atoms with E-state index in [-0.39, 0.29) is 5.69 Å². The highest BCUT2D eigenvalue weighted by Gasteiger charge is 2.11. The maximum atomic E-state index is 11.2. The minimum Gasteiger partial charge on any atom is -0.481 e. The fraction of sp³-hybridized carbons (Fsp3) is 0.222. The van der Waals surface area contributed by atoms with Crippen LogP contribution in [0.4, 0.5) is 0 Å². The van der Waals surface area contributed by atoms with E-state index in [9.17, 15) is 9.59 Å². The first-order valence-corrected chi connectivity index (χ1v) is 3.77. The monoisotopic (exact) mass is 179 g/mol. The van der Waals surface area contributed by atoms with Crippen molar-refractivity contribution >= 4 is 11.8 Å². The molecule has 1 aromatic rings. The van der Waals surface area contributed by atoms with E-state index < -0.39 is 18.2 Å². The predicted molar refractivity (Wildman–Crippen MR) is 45.6 cm³/mol. The maximum Gasteiger partial charge on any atom is 0.311 e. The summed E-state index contributed by atoms with van der Waals surface area (Å²) in [5.74, 6) is -1.59. The second kappa shape index (κ2) is 3.80. The molecule has 0 bridgehead atoms. The summed E-state index contributed by atoms with van der Waals surface area (Å²) in [5.41, 5.74) is 1.10. The molecule has 1 heterocycles. The van der Waals surface area contributed by atoms with Gasteiger partial charge in [-0.25, -0.2) is 0 Å². The normalized spacial score (nSPS) is 9.62. The molecule has 0 fully saturated rings.